The first-order chi connectivity index (χ1) is 9.51. The maximum atomic E-state index is 10.9. The Hall–Kier alpha value is -2.27. The molecule has 0 fully saturated rings. The third-order valence-corrected chi connectivity index (χ3v) is 3.04. The Balaban J connectivity index is 2.24. The van der Waals surface area contributed by atoms with Gasteiger partial charge in [-0.05, 0) is 37.3 Å². The van der Waals surface area contributed by atoms with Crippen molar-refractivity contribution in [2.75, 3.05) is 12.4 Å². The summed E-state index contributed by atoms with van der Waals surface area (Å²) in [6, 6.07) is 8.37. The van der Waals surface area contributed by atoms with Crippen molar-refractivity contribution in [1.29, 1.82) is 0 Å². The number of aromatic nitrogens is 1. The molecule has 0 bridgehead atoms. The van der Waals surface area contributed by atoms with Crippen molar-refractivity contribution < 1.29 is 14.6 Å². The van der Waals surface area contributed by atoms with Crippen LogP contribution in [0.5, 0.6) is 5.75 Å². The van der Waals surface area contributed by atoms with E-state index in [2.05, 4.69) is 10.3 Å². The predicted molar refractivity (Wildman–Crippen MR) is 77.2 cm³/mol. The summed E-state index contributed by atoms with van der Waals surface area (Å²) in [6.45, 7) is 1.65. The van der Waals surface area contributed by atoms with Gasteiger partial charge < -0.3 is 15.2 Å². The lowest BCUT2D eigenvalue weighted by molar-refractivity contribution is 0.0695. The molecule has 2 N–H and O–H groups in total. The van der Waals surface area contributed by atoms with Gasteiger partial charge in [-0.2, -0.15) is 0 Å². The number of aryl methyl sites for hydroxylation is 1. The van der Waals surface area contributed by atoms with Crippen LogP contribution in [-0.2, 0) is 0 Å². The molecule has 0 aliphatic rings. The van der Waals surface area contributed by atoms with Crippen molar-refractivity contribution in [3.63, 3.8) is 0 Å². The molecule has 0 atom stereocenters. The Bertz CT molecular complexity index is 659. The van der Waals surface area contributed by atoms with Gasteiger partial charge in [0, 0.05) is 5.69 Å². The van der Waals surface area contributed by atoms with E-state index in [9.17, 15) is 4.79 Å². The van der Waals surface area contributed by atoms with Crippen LogP contribution < -0.4 is 10.1 Å². The zero-order valence-electron chi connectivity index (χ0n) is 11.0. The second-order valence-corrected chi connectivity index (χ2v) is 4.52. The molecule has 20 heavy (non-hydrogen) atoms. The van der Waals surface area contributed by atoms with E-state index in [4.69, 9.17) is 21.4 Å². The fourth-order valence-electron chi connectivity index (χ4n) is 1.75. The van der Waals surface area contributed by atoms with Gasteiger partial charge in [-0.15, -0.1) is 0 Å². The normalized spacial score (nSPS) is 10.2. The van der Waals surface area contributed by atoms with Gasteiger partial charge >= 0.3 is 5.97 Å². The molecule has 0 radical (unpaired) electrons. The highest BCUT2D eigenvalue weighted by molar-refractivity contribution is 6.32. The van der Waals surface area contributed by atoms with E-state index in [0.717, 1.165) is 5.69 Å². The van der Waals surface area contributed by atoms with E-state index in [1.54, 1.807) is 38.3 Å². The minimum atomic E-state index is -0.992. The van der Waals surface area contributed by atoms with Crippen molar-refractivity contribution in [1.82, 2.24) is 4.98 Å². The van der Waals surface area contributed by atoms with Gasteiger partial charge in [0.05, 0.1) is 23.4 Å². The summed E-state index contributed by atoms with van der Waals surface area (Å²) >= 11 is 6.03. The number of nitrogens with zero attached hydrogens (tertiary/aromatic N) is 1. The minimum absolute atomic E-state index is 0.184. The van der Waals surface area contributed by atoms with Crippen LogP contribution in [0.15, 0.2) is 30.3 Å². The van der Waals surface area contributed by atoms with E-state index in [1.807, 2.05) is 0 Å². The number of carboxylic acid groups (broad SMARTS) is 1. The third kappa shape index (κ3) is 3.00. The molecule has 0 aliphatic heterocycles. The first kappa shape index (κ1) is 14.1. The van der Waals surface area contributed by atoms with Crippen LogP contribution in [0.4, 0.5) is 11.5 Å². The standard InChI is InChI=1S/C14H13ClN2O3/c1-8-10(14(18)19)4-6-13(16-8)17-9-3-5-12(20-2)11(15)7-9/h3-7H,1-2H3,(H,16,17)(H,18,19). The Morgan fingerprint density at radius 3 is 2.65 bits per heavy atom. The van der Waals surface area contributed by atoms with Gasteiger partial charge in [0.2, 0.25) is 0 Å². The van der Waals surface area contributed by atoms with Crippen LogP contribution in [0, 0.1) is 6.92 Å². The summed E-state index contributed by atoms with van der Waals surface area (Å²) in [5.41, 5.74) is 1.37. The number of methoxy groups -OCH3 is 1. The quantitative estimate of drug-likeness (QED) is 0.902. The van der Waals surface area contributed by atoms with Gasteiger partial charge in [-0.1, -0.05) is 11.6 Å². The number of rotatable bonds is 4. The molecule has 6 heteroatoms. The molecule has 0 amide bonds. The SMILES string of the molecule is COc1ccc(Nc2ccc(C(=O)O)c(C)n2)cc1Cl. The average molecular weight is 293 g/mol. The largest absolute Gasteiger partial charge is 0.495 e. The Labute approximate surface area is 121 Å². The summed E-state index contributed by atoms with van der Waals surface area (Å²) in [4.78, 5) is 15.1. The van der Waals surface area contributed by atoms with Crippen LogP contribution >= 0.6 is 11.6 Å². The molecular weight excluding hydrogens is 280 g/mol. The summed E-state index contributed by atoms with van der Waals surface area (Å²) in [5, 5.41) is 12.5. The Morgan fingerprint density at radius 1 is 1.35 bits per heavy atom. The molecule has 1 heterocycles. The van der Waals surface area contributed by atoms with Crippen molar-refractivity contribution in [2.45, 2.75) is 6.92 Å². The minimum Gasteiger partial charge on any atom is -0.495 e. The van der Waals surface area contributed by atoms with Crippen molar-refractivity contribution >= 4 is 29.1 Å². The predicted octanol–water partition coefficient (Wildman–Crippen LogP) is 3.49. The van der Waals surface area contributed by atoms with Gasteiger partial charge in [0.1, 0.15) is 11.6 Å². The van der Waals surface area contributed by atoms with Gasteiger partial charge in [0.25, 0.3) is 0 Å². The number of halogens is 1. The number of ether oxygens (including phenoxy) is 1. The lowest BCUT2D eigenvalue weighted by Crippen LogP contribution is -2.03. The number of pyridine rings is 1. The summed E-state index contributed by atoms with van der Waals surface area (Å²) in [5.74, 6) is 0.144. The van der Waals surface area contributed by atoms with E-state index >= 15 is 0 Å². The second kappa shape index (κ2) is 5.79. The summed E-state index contributed by atoms with van der Waals surface area (Å²) in [7, 11) is 1.55. The first-order valence-corrected chi connectivity index (χ1v) is 6.20. The lowest BCUT2D eigenvalue weighted by atomic mass is 10.2. The number of hydrogen-bond donors (Lipinski definition) is 2. The van der Waals surface area contributed by atoms with Crippen molar-refractivity contribution in [3.8, 4) is 5.75 Å². The van der Waals surface area contributed by atoms with Crippen LogP contribution in [0.3, 0.4) is 0 Å². The Morgan fingerprint density at radius 2 is 2.10 bits per heavy atom. The number of carboxylic acids is 1. The monoisotopic (exact) mass is 292 g/mol. The molecule has 5 nitrogen and oxygen atoms in total. The Kier molecular flexibility index (Phi) is 4.10. The molecular formula is C14H13ClN2O3. The highest BCUT2D eigenvalue weighted by Crippen LogP contribution is 2.28. The maximum absolute atomic E-state index is 10.9. The lowest BCUT2D eigenvalue weighted by Gasteiger charge is -2.09. The zero-order valence-corrected chi connectivity index (χ0v) is 11.7. The molecule has 2 aromatic rings. The van der Waals surface area contributed by atoms with E-state index in [-0.39, 0.29) is 5.56 Å². The molecule has 0 saturated heterocycles. The first-order valence-electron chi connectivity index (χ1n) is 5.83. The highest BCUT2D eigenvalue weighted by Gasteiger charge is 2.09. The second-order valence-electron chi connectivity index (χ2n) is 4.11. The third-order valence-electron chi connectivity index (χ3n) is 2.74. The van der Waals surface area contributed by atoms with Gasteiger partial charge in [-0.25, -0.2) is 9.78 Å². The molecule has 104 valence electrons. The van der Waals surface area contributed by atoms with E-state index in [1.165, 1.54) is 6.07 Å². The topological polar surface area (TPSA) is 71.5 Å². The van der Waals surface area contributed by atoms with E-state index < -0.39 is 5.97 Å². The molecule has 1 aromatic heterocycles. The zero-order chi connectivity index (χ0) is 14.7. The number of aromatic carboxylic acids is 1. The van der Waals surface area contributed by atoms with Crippen LogP contribution in [0.25, 0.3) is 0 Å². The van der Waals surface area contributed by atoms with Gasteiger partial charge in [0.15, 0.2) is 0 Å². The number of benzene rings is 1. The van der Waals surface area contributed by atoms with Crippen LogP contribution in [0.1, 0.15) is 16.1 Å². The fourth-order valence-corrected chi connectivity index (χ4v) is 2.01. The smallest absolute Gasteiger partial charge is 0.337 e. The van der Waals surface area contributed by atoms with E-state index in [0.29, 0.717) is 22.3 Å². The molecule has 0 aliphatic carbocycles. The fraction of sp³-hybridized carbons (Fsp3) is 0.143. The number of carbonyl (C=O) groups is 1. The molecule has 0 saturated carbocycles. The molecule has 0 unspecified atom stereocenters. The number of hydrogen-bond acceptors (Lipinski definition) is 4. The van der Waals surface area contributed by atoms with Crippen LogP contribution in [-0.4, -0.2) is 23.2 Å². The number of nitrogens with one attached hydrogen (secondary N) is 1. The van der Waals surface area contributed by atoms with Gasteiger partial charge in [-0.3, -0.25) is 0 Å². The van der Waals surface area contributed by atoms with Crippen molar-refractivity contribution in [2.24, 2.45) is 0 Å². The highest BCUT2D eigenvalue weighted by atomic mass is 35.5. The maximum Gasteiger partial charge on any atom is 0.337 e. The summed E-state index contributed by atoms with van der Waals surface area (Å²) in [6.07, 6.45) is 0. The van der Waals surface area contributed by atoms with Crippen LogP contribution in [0.2, 0.25) is 5.02 Å². The summed E-state index contributed by atoms with van der Waals surface area (Å²) < 4.78 is 5.07. The molecule has 1 aromatic carbocycles. The number of anilines is 2. The molecule has 2 rings (SSSR count). The van der Waals surface area contributed by atoms with Crippen molar-refractivity contribution in [3.05, 3.63) is 46.6 Å². The molecule has 0 spiro atoms. The average Bonchev–Trinajstić information content (AvgIpc) is 2.38.